The van der Waals surface area contributed by atoms with E-state index in [-0.39, 0.29) is 36.0 Å². The fraction of sp³-hybridized carbons (Fsp3) is 0.382. The lowest BCUT2D eigenvalue weighted by molar-refractivity contribution is -0.138. The highest BCUT2D eigenvalue weighted by molar-refractivity contribution is 6.10. The summed E-state index contributed by atoms with van der Waals surface area (Å²) in [6.45, 7) is 6.58. The van der Waals surface area contributed by atoms with Crippen LogP contribution in [0.1, 0.15) is 46.5 Å². The molecule has 244 valence electrons. The van der Waals surface area contributed by atoms with Crippen LogP contribution >= 0.6 is 0 Å². The normalized spacial score (nSPS) is 14.9. The minimum atomic E-state index is -4.65. The maximum Gasteiger partial charge on any atom is 0.416 e. The Morgan fingerprint density at radius 1 is 1.13 bits per heavy atom. The molecule has 13 heteroatoms. The number of carbonyl (C=O) groups excluding carboxylic acids is 1. The first-order valence-corrected chi connectivity index (χ1v) is 15.4. The Kier molecular flexibility index (Phi) is 8.74. The van der Waals surface area contributed by atoms with Crippen molar-refractivity contribution in [2.45, 2.75) is 33.1 Å². The Morgan fingerprint density at radius 2 is 1.91 bits per heavy atom. The predicted octanol–water partition coefficient (Wildman–Crippen LogP) is 5.74. The lowest BCUT2D eigenvalue weighted by atomic mass is 9.97. The molecule has 1 amide bonds. The van der Waals surface area contributed by atoms with E-state index in [2.05, 4.69) is 21.6 Å². The second-order valence-electron chi connectivity index (χ2n) is 12.7. The van der Waals surface area contributed by atoms with E-state index in [4.69, 9.17) is 9.72 Å². The van der Waals surface area contributed by atoms with Crippen LogP contribution in [-0.4, -0.2) is 63.9 Å². The zero-order chi connectivity index (χ0) is 33.5. The lowest BCUT2D eigenvalue weighted by Gasteiger charge is -2.30. The third-order valence-electron chi connectivity index (χ3n) is 8.33. The molecule has 2 aliphatic heterocycles. The molecular formula is C34H35F3N8O2. The number of amides is 1. The van der Waals surface area contributed by atoms with Gasteiger partial charge in [-0.25, -0.2) is 4.98 Å². The van der Waals surface area contributed by atoms with Crippen LogP contribution in [0, 0.1) is 23.2 Å². The van der Waals surface area contributed by atoms with Crippen LogP contribution in [0.4, 0.5) is 24.8 Å². The minimum Gasteiger partial charge on any atom is -0.381 e. The summed E-state index contributed by atoms with van der Waals surface area (Å²) in [6.07, 6.45) is -3.09. The number of aryl methyl sites for hydroxylation is 1. The molecule has 0 aliphatic carbocycles. The highest BCUT2D eigenvalue weighted by Gasteiger charge is 2.41. The summed E-state index contributed by atoms with van der Waals surface area (Å²) >= 11 is 0. The molecule has 10 nitrogen and oxygen atoms in total. The Bertz CT molecular complexity index is 1860. The number of carbonyl (C=O) groups is 1. The first-order chi connectivity index (χ1) is 22.4. The highest BCUT2D eigenvalue weighted by Crippen LogP contribution is 2.41. The van der Waals surface area contributed by atoms with Gasteiger partial charge in [-0.2, -0.15) is 18.4 Å². The number of hydrogen-bond donors (Lipinski definition) is 1. The van der Waals surface area contributed by atoms with E-state index in [1.54, 1.807) is 54.3 Å². The first-order valence-electron chi connectivity index (χ1n) is 15.4. The standard InChI is InChI=1S/C34H35F3N8O2/c1-20(2)13-39-30-10-24(26-7-21(12-38)5-6-25(26)32-42-40-19-44(32)4)11-31(41-30)45-16-28-27(33(45)46)8-22(9-29(28)34(35,36)37)14-43(3)15-23-17-47-18-23/h5-11,19-20,23H,13-18H2,1-4H3,(H,39,41). The van der Waals surface area contributed by atoms with E-state index in [0.29, 0.717) is 71.7 Å². The molecule has 6 rings (SSSR count). The molecule has 1 saturated heterocycles. The maximum absolute atomic E-state index is 14.5. The van der Waals surface area contributed by atoms with Crippen LogP contribution in [-0.2, 0) is 31.1 Å². The van der Waals surface area contributed by atoms with Gasteiger partial charge in [0.2, 0.25) is 0 Å². The van der Waals surface area contributed by atoms with Crippen molar-refractivity contribution in [1.82, 2.24) is 24.6 Å². The van der Waals surface area contributed by atoms with Crippen molar-refractivity contribution in [3.05, 3.63) is 76.6 Å². The Hall–Kier alpha value is -4.80. The summed E-state index contributed by atoms with van der Waals surface area (Å²) in [4.78, 5) is 21.9. The number of rotatable bonds is 10. The summed E-state index contributed by atoms with van der Waals surface area (Å²) < 4.78 is 50.4. The number of halogens is 3. The number of fused-ring (bicyclic) bond motifs is 1. The zero-order valence-electron chi connectivity index (χ0n) is 26.6. The van der Waals surface area contributed by atoms with Gasteiger partial charge in [0, 0.05) is 43.7 Å². The summed E-state index contributed by atoms with van der Waals surface area (Å²) in [5, 5.41) is 21.3. The molecule has 2 aromatic heterocycles. The third kappa shape index (κ3) is 6.70. The van der Waals surface area contributed by atoms with Crippen LogP contribution < -0.4 is 10.2 Å². The van der Waals surface area contributed by atoms with Crippen LogP contribution in [0.15, 0.2) is 48.8 Å². The number of pyridine rings is 1. The van der Waals surface area contributed by atoms with Crippen molar-refractivity contribution >= 4 is 17.5 Å². The van der Waals surface area contributed by atoms with Gasteiger partial charge in [0.05, 0.1) is 37.0 Å². The number of alkyl halides is 3. The average molecular weight is 645 g/mol. The van der Waals surface area contributed by atoms with Gasteiger partial charge in [-0.05, 0) is 77.7 Å². The zero-order valence-corrected chi connectivity index (χ0v) is 26.6. The summed E-state index contributed by atoms with van der Waals surface area (Å²) in [5.41, 5.74) is 1.88. The van der Waals surface area contributed by atoms with E-state index in [0.717, 1.165) is 6.07 Å². The van der Waals surface area contributed by atoms with Crippen molar-refractivity contribution in [2.24, 2.45) is 18.9 Å². The van der Waals surface area contributed by atoms with Gasteiger partial charge in [-0.3, -0.25) is 9.69 Å². The lowest BCUT2D eigenvalue weighted by Crippen LogP contribution is -2.37. The van der Waals surface area contributed by atoms with Gasteiger partial charge in [0.15, 0.2) is 5.82 Å². The Morgan fingerprint density at radius 3 is 2.55 bits per heavy atom. The number of nitriles is 1. The average Bonchev–Trinajstić information content (AvgIpc) is 3.59. The fourth-order valence-corrected chi connectivity index (χ4v) is 5.99. The Balaban J connectivity index is 1.43. The van der Waals surface area contributed by atoms with Gasteiger partial charge >= 0.3 is 6.18 Å². The number of anilines is 2. The van der Waals surface area contributed by atoms with Gasteiger partial charge in [-0.15, -0.1) is 10.2 Å². The van der Waals surface area contributed by atoms with Crippen molar-refractivity contribution < 1.29 is 22.7 Å². The number of aromatic nitrogens is 4. The van der Waals surface area contributed by atoms with Crippen LogP contribution in [0.2, 0.25) is 0 Å². The van der Waals surface area contributed by atoms with Crippen LogP contribution in [0.3, 0.4) is 0 Å². The number of benzene rings is 2. The predicted molar refractivity (Wildman–Crippen MR) is 170 cm³/mol. The monoisotopic (exact) mass is 644 g/mol. The molecule has 2 aliphatic rings. The maximum atomic E-state index is 14.5. The quantitative estimate of drug-likeness (QED) is 0.233. The second kappa shape index (κ2) is 12.8. The van der Waals surface area contributed by atoms with Gasteiger partial charge in [-0.1, -0.05) is 13.8 Å². The first kappa shape index (κ1) is 32.2. The smallest absolute Gasteiger partial charge is 0.381 e. The second-order valence-corrected chi connectivity index (χ2v) is 12.7. The van der Waals surface area contributed by atoms with E-state index in [1.165, 1.54) is 4.90 Å². The SMILES string of the molecule is CC(C)CNc1cc(-c2cc(C#N)ccc2-c2nncn2C)cc(N2Cc3c(cc(CN(C)CC4COC4)cc3C(F)(F)F)C2=O)n1. The molecule has 4 heterocycles. The molecule has 0 unspecified atom stereocenters. The van der Waals surface area contributed by atoms with Crippen LogP contribution in [0.25, 0.3) is 22.5 Å². The topological polar surface area (TPSA) is 112 Å². The number of ether oxygens (including phenoxy) is 1. The molecule has 47 heavy (non-hydrogen) atoms. The Labute approximate surface area is 270 Å². The molecule has 4 aromatic rings. The molecule has 0 bridgehead atoms. The third-order valence-corrected chi connectivity index (χ3v) is 8.33. The number of nitrogens with one attached hydrogen (secondary N) is 1. The molecule has 0 spiro atoms. The summed E-state index contributed by atoms with van der Waals surface area (Å²) in [5.74, 6) is 1.24. The largest absolute Gasteiger partial charge is 0.416 e. The van der Waals surface area contributed by atoms with Crippen molar-refractivity contribution in [3.8, 4) is 28.6 Å². The summed E-state index contributed by atoms with van der Waals surface area (Å²) in [6, 6.07) is 13.6. The minimum absolute atomic E-state index is 0.0188. The molecule has 1 N–H and O–H groups in total. The van der Waals surface area contributed by atoms with Crippen molar-refractivity contribution in [2.75, 3.05) is 43.6 Å². The molecule has 0 atom stereocenters. The number of nitrogens with zero attached hydrogens (tertiary/aromatic N) is 7. The van der Waals surface area contributed by atoms with E-state index >= 15 is 0 Å². The van der Waals surface area contributed by atoms with Gasteiger partial charge in [0.1, 0.15) is 18.0 Å². The fourth-order valence-electron chi connectivity index (χ4n) is 5.99. The van der Waals surface area contributed by atoms with Crippen LogP contribution in [0.5, 0.6) is 0 Å². The molecule has 2 aromatic carbocycles. The van der Waals surface area contributed by atoms with Gasteiger partial charge in [0.25, 0.3) is 5.91 Å². The summed E-state index contributed by atoms with van der Waals surface area (Å²) in [7, 11) is 3.65. The molecule has 0 radical (unpaired) electrons. The van der Waals surface area contributed by atoms with E-state index in [9.17, 15) is 23.2 Å². The highest BCUT2D eigenvalue weighted by atomic mass is 19.4. The molecular weight excluding hydrogens is 609 g/mol. The molecule has 1 fully saturated rings. The number of hydrogen-bond acceptors (Lipinski definition) is 8. The van der Waals surface area contributed by atoms with E-state index in [1.807, 2.05) is 25.8 Å². The van der Waals surface area contributed by atoms with Crippen molar-refractivity contribution in [3.63, 3.8) is 0 Å². The van der Waals surface area contributed by atoms with Gasteiger partial charge < -0.3 is 19.5 Å². The van der Waals surface area contributed by atoms with Crippen molar-refractivity contribution in [1.29, 1.82) is 5.26 Å². The molecule has 0 saturated carbocycles. The van der Waals surface area contributed by atoms with E-state index < -0.39 is 17.6 Å².